The smallest absolute Gasteiger partial charge is 0.232 e. The molecule has 7 nitrogen and oxygen atoms in total. The summed E-state index contributed by atoms with van der Waals surface area (Å²) < 4.78 is 5.87. The molecule has 2 amide bonds. The highest BCUT2D eigenvalue weighted by Crippen LogP contribution is 2.27. The van der Waals surface area contributed by atoms with Gasteiger partial charge in [-0.25, -0.2) is 4.98 Å². The van der Waals surface area contributed by atoms with Gasteiger partial charge in [0.2, 0.25) is 17.7 Å². The first-order chi connectivity index (χ1) is 13.2. The van der Waals surface area contributed by atoms with Crippen molar-refractivity contribution in [2.24, 2.45) is 5.92 Å². The number of carbonyl (C=O) groups excluding carboxylic acids is 2. The van der Waals surface area contributed by atoms with Crippen LogP contribution in [0.1, 0.15) is 19.3 Å². The quantitative estimate of drug-likeness (QED) is 0.826. The minimum absolute atomic E-state index is 0.00363. The Kier molecular flexibility index (Phi) is 5.00. The zero-order valence-corrected chi connectivity index (χ0v) is 15.0. The number of likely N-dealkylation sites (tertiary alicyclic amines) is 1. The van der Waals surface area contributed by atoms with Gasteiger partial charge in [-0.3, -0.25) is 14.6 Å². The number of nitrogens with zero attached hydrogens (tertiary/aromatic N) is 4. The summed E-state index contributed by atoms with van der Waals surface area (Å²) in [5.41, 5.74) is 0.848. The molecule has 7 heteroatoms. The van der Waals surface area contributed by atoms with E-state index in [1.165, 1.54) is 0 Å². The number of anilines is 1. The van der Waals surface area contributed by atoms with Gasteiger partial charge in [-0.05, 0) is 25.0 Å². The molecule has 3 heterocycles. The summed E-state index contributed by atoms with van der Waals surface area (Å²) in [6.45, 7) is 1.66. The maximum Gasteiger partial charge on any atom is 0.232 e. The molecule has 4 rings (SSSR count). The second kappa shape index (κ2) is 7.73. The molecule has 0 bridgehead atoms. The zero-order chi connectivity index (χ0) is 18.6. The molecule has 2 aliphatic heterocycles. The molecule has 1 aromatic heterocycles. The van der Waals surface area contributed by atoms with E-state index in [0.717, 1.165) is 18.5 Å². The summed E-state index contributed by atoms with van der Waals surface area (Å²) >= 11 is 0. The van der Waals surface area contributed by atoms with Gasteiger partial charge >= 0.3 is 0 Å². The highest BCUT2D eigenvalue weighted by molar-refractivity contribution is 6.00. The number of para-hydroxylation sites is 1. The van der Waals surface area contributed by atoms with Crippen molar-refractivity contribution in [1.82, 2.24) is 14.9 Å². The summed E-state index contributed by atoms with van der Waals surface area (Å²) in [6.07, 6.45) is 6.68. The van der Waals surface area contributed by atoms with Gasteiger partial charge in [-0.1, -0.05) is 18.2 Å². The van der Waals surface area contributed by atoms with Gasteiger partial charge in [0.1, 0.15) is 6.10 Å². The van der Waals surface area contributed by atoms with E-state index in [4.69, 9.17) is 4.74 Å². The van der Waals surface area contributed by atoms with Gasteiger partial charge in [-0.15, -0.1) is 0 Å². The van der Waals surface area contributed by atoms with Crippen LogP contribution in [-0.2, 0) is 9.59 Å². The van der Waals surface area contributed by atoms with Crippen LogP contribution >= 0.6 is 0 Å². The van der Waals surface area contributed by atoms with Gasteiger partial charge in [0.25, 0.3) is 0 Å². The third-order valence-corrected chi connectivity index (χ3v) is 5.06. The molecule has 2 unspecified atom stereocenters. The summed E-state index contributed by atoms with van der Waals surface area (Å²) in [4.78, 5) is 37.1. The van der Waals surface area contributed by atoms with Gasteiger partial charge in [0, 0.05) is 37.6 Å². The maximum atomic E-state index is 13.0. The zero-order valence-electron chi connectivity index (χ0n) is 15.0. The minimum Gasteiger partial charge on any atom is -0.471 e. The van der Waals surface area contributed by atoms with E-state index in [0.29, 0.717) is 25.5 Å². The number of benzene rings is 1. The predicted octanol–water partition coefficient (Wildman–Crippen LogP) is 1.90. The van der Waals surface area contributed by atoms with Crippen molar-refractivity contribution >= 4 is 17.5 Å². The molecule has 0 radical (unpaired) electrons. The number of carbonyl (C=O) groups is 2. The number of hydrogen-bond donors (Lipinski definition) is 0. The first kappa shape index (κ1) is 17.5. The minimum atomic E-state index is -0.298. The molecule has 2 fully saturated rings. The SMILES string of the molecule is O=C(C1CC(=O)N(c2ccccc2)C1)N1CCCC(Oc2cnccn2)C1. The number of aromatic nitrogens is 2. The number of ether oxygens (including phenoxy) is 1. The molecule has 0 aliphatic carbocycles. The average molecular weight is 366 g/mol. The first-order valence-corrected chi connectivity index (χ1v) is 9.27. The Morgan fingerprint density at radius 2 is 2.00 bits per heavy atom. The lowest BCUT2D eigenvalue weighted by Gasteiger charge is -2.34. The van der Waals surface area contributed by atoms with E-state index in [9.17, 15) is 9.59 Å². The van der Waals surface area contributed by atoms with Gasteiger partial charge < -0.3 is 14.5 Å². The third-order valence-electron chi connectivity index (χ3n) is 5.06. The largest absolute Gasteiger partial charge is 0.471 e. The monoisotopic (exact) mass is 366 g/mol. The van der Waals surface area contributed by atoms with Crippen molar-refractivity contribution in [2.75, 3.05) is 24.5 Å². The molecule has 0 saturated carbocycles. The third kappa shape index (κ3) is 3.92. The lowest BCUT2D eigenvalue weighted by molar-refractivity contribution is -0.138. The van der Waals surface area contributed by atoms with Crippen molar-refractivity contribution in [3.05, 3.63) is 48.9 Å². The molecule has 140 valence electrons. The van der Waals surface area contributed by atoms with E-state index in [2.05, 4.69) is 9.97 Å². The second-order valence-electron chi connectivity index (χ2n) is 6.95. The molecule has 2 saturated heterocycles. The summed E-state index contributed by atoms with van der Waals surface area (Å²) in [5.74, 6) is 0.217. The van der Waals surface area contributed by atoms with Crippen molar-refractivity contribution < 1.29 is 14.3 Å². The topological polar surface area (TPSA) is 75.6 Å². The molecule has 27 heavy (non-hydrogen) atoms. The Balaban J connectivity index is 1.38. The van der Waals surface area contributed by atoms with E-state index < -0.39 is 0 Å². The standard InChI is InChI=1S/C20H22N4O3/c25-19-11-15(13-24(19)16-5-2-1-3-6-16)20(26)23-10-4-7-17(14-23)27-18-12-21-8-9-22-18/h1-3,5-6,8-9,12,15,17H,4,7,10-11,13-14H2. The summed E-state index contributed by atoms with van der Waals surface area (Å²) in [6, 6.07) is 9.51. The van der Waals surface area contributed by atoms with Crippen LogP contribution in [0.15, 0.2) is 48.9 Å². The number of piperidine rings is 1. The van der Waals surface area contributed by atoms with Crippen LogP contribution in [0.4, 0.5) is 5.69 Å². The summed E-state index contributed by atoms with van der Waals surface area (Å²) in [7, 11) is 0. The Morgan fingerprint density at radius 3 is 2.78 bits per heavy atom. The van der Waals surface area contributed by atoms with Crippen molar-refractivity contribution in [2.45, 2.75) is 25.4 Å². The lowest BCUT2D eigenvalue weighted by Crippen LogP contribution is -2.47. The molecule has 0 spiro atoms. The normalized spacial score (nSPS) is 22.7. The maximum absolute atomic E-state index is 13.0. The molecule has 1 aromatic carbocycles. The van der Waals surface area contributed by atoms with E-state index in [1.54, 1.807) is 23.5 Å². The molecule has 0 N–H and O–H groups in total. The molecule has 2 atom stereocenters. The van der Waals surface area contributed by atoms with Gasteiger partial charge in [0.05, 0.1) is 18.7 Å². The number of hydrogen-bond acceptors (Lipinski definition) is 5. The van der Waals surface area contributed by atoms with Crippen LogP contribution < -0.4 is 9.64 Å². The van der Waals surface area contributed by atoms with Crippen molar-refractivity contribution in [3.8, 4) is 5.88 Å². The second-order valence-corrected chi connectivity index (χ2v) is 6.95. The molecular formula is C20H22N4O3. The van der Waals surface area contributed by atoms with E-state index in [-0.39, 0.29) is 30.3 Å². The molecule has 2 aromatic rings. The number of rotatable bonds is 4. The highest BCUT2D eigenvalue weighted by atomic mass is 16.5. The first-order valence-electron chi connectivity index (χ1n) is 9.27. The van der Waals surface area contributed by atoms with Crippen LogP contribution in [-0.4, -0.2) is 52.4 Å². The van der Waals surface area contributed by atoms with Gasteiger partial charge in [0.15, 0.2) is 0 Å². The number of amides is 2. The molecule has 2 aliphatic rings. The fourth-order valence-electron chi connectivity index (χ4n) is 3.74. The van der Waals surface area contributed by atoms with E-state index in [1.807, 2.05) is 35.2 Å². The fourth-order valence-corrected chi connectivity index (χ4v) is 3.74. The van der Waals surface area contributed by atoms with Crippen LogP contribution in [0.5, 0.6) is 5.88 Å². The van der Waals surface area contributed by atoms with Crippen molar-refractivity contribution in [1.29, 1.82) is 0 Å². The Morgan fingerprint density at radius 1 is 1.15 bits per heavy atom. The predicted molar refractivity (Wildman–Crippen MR) is 99.2 cm³/mol. The van der Waals surface area contributed by atoms with Crippen LogP contribution in [0.2, 0.25) is 0 Å². The van der Waals surface area contributed by atoms with Crippen molar-refractivity contribution in [3.63, 3.8) is 0 Å². The average Bonchev–Trinajstić information content (AvgIpc) is 3.11. The van der Waals surface area contributed by atoms with Crippen LogP contribution in [0, 0.1) is 5.92 Å². The highest BCUT2D eigenvalue weighted by Gasteiger charge is 2.38. The Hall–Kier alpha value is -2.96. The summed E-state index contributed by atoms with van der Waals surface area (Å²) in [5, 5.41) is 0. The Labute approximate surface area is 158 Å². The van der Waals surface area contributed by atoms with E-state index >= 15 is 0 Å². The lowest BCUT2D eigenvalue weighted by atomic mass is 10.0. The van der Waals surface area contributed by atoms with Crippen LogP contribution in [0.25, 0.3) is 0 Å². The fraction of sp³-hybridized carbons (Fsp3) is 0.400. The van der Waals surface area contributed by atoms with Crippen LogP contribution in [0.3, 0.4) is 0 Å². The Bertz CT molecular complexity index is 799. The molecular weight excluding hydrogens is 344 g/mol. The van der Waals surface area contributed by atoms with Gasteiger partial charge in [-0.2, -0.15) is 0 Å².